The molecule has 19 heavy (non-hydrogen) atoms. The Labute approximate surface area is 118 Å². The van der Waals surface area contributed by atoms with Gasteiger partial charge in [0.25, 0.3) is 0 Å². The highest BCUT2D eigenvalue weighted by molar-refractivity contribution is 7.16. The molecule has 0 saturated heterocycles. The molecule has 1 amide bonds. The van der Waals surface area contributed by atoms with Gasteiger partial charge >= 0.3 is 0 Å². The van der Waals surface area contributed by atoms with Crippen molar-refractivity contribution in [3.8, 4) is 6.07 Å². The molecule has 0 radical (unpaired) electrons. The summed E-state index contributed by atoms with van der Waals surface area (Å²) < 4.78 is 0. The molecule has 1 aromatic rings. The average Bonchev–Trinajstić information content (AvgIpc) is 2.63. The molecule has 1 atom stereocenters. The highest BCUT2D eigenvalue weighted by atomic mass is 32.1. The Hall–Kier alpha value is -1.34. The van der Waals surface area contributed by atoms with Crippen molar-refractivity contribution in [3.05, 3.63) is 16.0 Å². The summed E-state index contributed by atoms with van der Waals surface area (Å²) in [5.41, 5.74) is 1.41. The third-order valence-electron chi connectivity index (χ3n) is 3.53. The second kappa shape index (κ2) is 4.97. The fourth-order valence-electron chi connectivity index (χ4n) is 2.25. The number of nitrogens with one attached hydrogen (secondary N) is 1. The molecule has 0 saturated carbocycles. The lowest BCUT2D eigenvalue weighted by Gasteiger charge is -2.17. The van der Waals surface area contributed by atoms with Crippen molar-refractivity contribution in [3.63, 3.8) is 0 Å². The second-order valence-electron chi connectivity index (χ2n) is 6.37. The van der Waals surface area contributed by atoms with Gasteiger partial charge in [-0.3, -0.25) is 4.79 Å². The fourth-order valence-corrected chi connectivity index (χ4v) is 3.60. The van der Waals surface area contributed by atoms with Crippen molar-refractivity contribution in [2.45, 2.75) is 47.0 Å². The highest BCUT2D eigenvalue weighted by Gasteiger charge is 2.27. The van der Waals surface area contributed by atoms with Crippen LogP contribution in [0.15, 0.2) is 0 Å². The molecule has 1 heterocycles. The van der Waals surface area contributed by atoms with Crippen molar-refractivity contribution < 1.29 is 4.79 Å². The van der Waals surface area contributed by atoms with Gasteiger partial charge in [0.1, 0.15) is 11.1 Å². The van der Waals surface area contributed by atoms with E-state index in [1.165, 1.54) is 4.88 Å². The van der Waals surface area contributed by atoms with E-state index in [9.17, 15) is 10.1 Å². The number of hydrogen-bond acceptors (Lipinski definition) is 3. The maximum absolute atomic E-state index is 12.1. The number of nitrogens with zero attached hydrogens (tertiary/aromatic N) is 1. The van der Waals surface area contributed by atoms with E-state index in [0.717, 1.165) is 29.8 Å². The standard InChI is InChI=1S/C15H20N2OS/c1-9-5-6-10-11(8-16)13(19-12(10)7-9)17-14(18)15(2,3)4/h9H,5-7H2,1-4H3,(H,17,18). The lowest BCUT2D eigenvalue weighted by Crippen LogP contribution is -2.27. The zero-order valence-corrected chi connectivity index (χ0v) is 12.8. The van der Waals surface area contributed by atoms with E-state index in [-0.39, 0.29) is 5.91 Å². The minimum Gasteiger partial charge on any atom is -0.316 e. The molecule has 102 valence electrons. The topological polar surface area (TPSA) is 52.9 Å². The van der Waals surface area contributed by atoms with Gasteiger partial charge < -0.3 is 5.32 Å². The quantitative estimate of drug-likeness (QED) is 0.849. The Balaban J connectivity index is 2.33. The van der Waals surface area contributed by atoms with E-state index >= 15 is 0 Å². The van der Waals surface area contributed by atoms with E-state index in [4.69, 9.17) is 0 Å². The molecule has 0 bridgehead atoms. The Morgan fingerprint density at radius 1 is 1.47 bits per heavy atom. The van der Waals surface area contributed by atoms with Gasteiger partial charge in [-0.15, -0.1) is 11.3 Å². The molecule has 1 N–H and O–H groups in total. The van der Waals surface area contributed by atoms with Crippen LogP contribution in [0.4, 0.5) is 5.00 Å². The summed E-state index contributed by atoms with van der Waals surface area (Å²) >= 11 is 1.58. The molecular weight excluding hydrogens is 256 g/mol. The van der Waals surface area contributed by atoms with Gasteiger partial charge in [-0.05, 0) is 30.7 Å². The summed E-state index contributed by atoms with van der Waals surface area (Å²) in [6, 6.07) is 2.27. The number of thiophene rings is 1. The van der Waals surface area contributed by atoms with Crippen LogP contribution < -0.4 is 5.32 Å². The van der Waals surface area contributed by atoms with Crippen LogP contribution in [0.3, 0.4) is 0 Å². The fraction of sp³-hybridized carbons (Fsp3) is 0.600. The van der Waals surface area contributed by atoms with Crippen LogP contribution in [-0.2, 0) is 17.6 Å². The Morgan fingerprint density at radius 2 is 2.16 bits per heavy atom. The molecule has 1 aliphatic carbocycles. The van der Waals surface area contributed by atoms with Crippen LogP contribution in [-0.4, -0.2) is 5.91 Å². The average molecular weight is 276 g/mol. The van der Waals surface area contributed by atoms with Crippen LogP contribution in [0.25, 0.3) is 0 Å². The Morgan fingerprint density at radius 3 is 2.74 bits per heavy atom. The lowest BCUT2D eigenvalue weighted by molar-refractivity contribution is -0.123. The largest absolute Gasteiger partial charge is 0.316 e. The van der Waals surface area contributed by atoms with Crippen molar-refractivity contribution in [2.75, 3.05) is 5.32 Å². The number of carbonyl (C=O) groups is 1. The van der Waals surface area contributed by atoms with E-state index in [2.05, 4.69) is 18.3 Å². The minimum absolute atomic E-state index is 0.0318. The van der Waals surface area contributed by atoms with Crippen molar-refractivity contribution in [2.24, 2.45) is 11.3 Å². The first-order valence-electron chi connectivity index (χ1n) is 6.69. The monoisotopic (exact) mass is 276 g/mol. The second-order valence-corrected chi connectivity index (χ2v) is 7.48. The number of fused-ring (bicyclic) bond motifs is 1. The molecular formula is C15H20N2OS. The normalized spacial score (nSPS) is 18.6. The SMILES string of the molecule is CC1CCc2c(sc(NC(=O)C(C)(C)C)c2C#N)C1. The van der Waals surface area contributed by atoms with Gasteiger partial charge in [-0.2, -0.15) is 5.26 Å². The first-order valence-corrected chi connectivity index (χ1v) is 7.50. The Kier molecular flexibility index (Phi) is 3.69. The van der Waals surface area contributed by atoms with Crippen LogP contribution in [0, 0.1) is 22.7 Å². The summed E-state index contributed by atoms with van der Waals surface area (Å²) in [7, 11) is 0. The predicted octanol–water partition coefficient (Wildman–Crippen LogP) is 3.73. The molecule has 0 aliphatic heterocycles. The summed E-state index contributed by atoms with van der Waals surface area (Å²) in [4.78, 5) is 13.3. The molecule has 0 aromatic carbocycles. The zero-order valence-electron chi connectivity index (χ0n) is 12.0. The number of amides is 1. The van der Waals surface area contributed by atoms with Gasteiger partial charge in [0, 0.05) is 10.3 Å². The molecule has 0 spiro atoms. The minimum atomic E-state index is -0.440. The number of carbonyl (C=O) groups excluding carboxylic acids is 1. The first kappa shape index (κ1) is 14.1. The van der Waals surface area contributed by atoms with E-state index in [1.807, 2.05) is 20.8 Å². The number of hydrogen-bond donors (Lipinski definition) is 1. The van der Waals surface area contributed by atoms with Crippen LogP contribution in [0.5, 0.6) is 0 Å². The summed E-state index contributed by atoms with van der Waals surface area (Å²) in [6.45, 7) is 7.88. The third kappa shape index (κ3) is 2.82. The number of anilines is 1. The highest BCUT2D eigenvalue weighted by Crippen LogP contribution is 2.39. The summed E-state index contributed by atoms with van der Waals surface area (Å²) in [5.74, 6) is 0.638. The molecule has 1 aliphatic rings. The maximum Gasteiger partial charge on any atom is 0.230 e. The van der Waals surface area contributed by atoms with Crippen molar-refractivity contribution in [1.82, 2.24) is 0 Å². The molecule has 1 unspecified atom stereocenters. The Bertz CT molecular complexity index is 546. The number of rotatable bonds is 1. The number of nitriles is 1. The summed E-state index contributed by atoms with van der Waals surface area (Å²) in [6.07, 6.45) is 3.12. The van der Waals surface area contributed by atoms with Crippen LogP contribution in [0.2, 0.25) is 0 Å². The van der Waals surface area contributed by atoms with E-state index in [1.54, 1.807) is 11.3 Å². The van der Waals surface area contributed by atoms with Crippen molar-refractivity contribution in [1.29, 1.82) is 5.26 Å². The molecule has 3 nitrogen and oxygen atoms in total. The first-order chi connectivity index (χ1) is 8.82. The van der Waals surface area contributed by atoms with Crippen molar-refractivity contribution >= 4 is 22.2 Å². The lowest BCUT2D eigenvalue weighted by atomic mass is 9.88. The van der Waals surface area contributed by atoms with E-state index < -0.39 is 5.41 Å². The molecule has 1 aromatic heterocycles. The van der Waals surface area contributed by atoms with Gasteiger partial charge in [0.05, 0.1) is 5.56 Å². The molecule has 4 heteroatoms. The maximum atomic E-state index is 12.1. The van der Waals surface area contributed by atoms with Gasteiger partial charge in [-0.1, -0.05) is 27.7 Å². The molecule has 0 fully saturated rings. The van der Waals surface area contributed by atoms with Crippen LogP contribution >= 0.6 is 11.3 Å². The smallest absolute Gasteiger partial charge is 0.230 e. The van der Waals surface area contributed by atoms with Crippen LogP contribution in [0.1, 0.15) is 50.1 Å². The third-order valence-corrected chi connectivity index (χ3v) is 4.70. The van der Waals surface area contributed by atoms with Gasteiger partial charge in [-0.25, -0.2) is 0 Å². The molecule has 2 rings (SSSR count). The predicted molar refractivity (Wildman–Crippen MR) is 78.3 cm³/mol. The van der Waals surface area contributed by atoms with Gasteiger partial charge in [0.15, 0.2) is 0 Å². The zero-order chi connectivity index (χ0) is 14.2. The van der Waals surface area contributed by atoms with Gasteiger partial charge in [0.2, 0.25) is 5.91 Å². The van der Waals surface area contributed by atoms with E-state index in [0.29, 0.717) is 11.5 Å². The summed E-state index contributed by atoms with van der Waals surface area (Å²) in [5, 5.41) is 13.0.